The highest BCUT2D eigenvalue weighted by molar-refractivity contribution is 9.11. The molecule has 0 radical (unpaired) electrons. The number of para-hydroxylation sites is 2. The Morgan fingerprint density at radius 1 is 1.17 bits per heavy atom. The van der Waals surface area contributed by atoms with Gasteiger partial charge in [0.05, 0.1) is 24.9 Å². The van der Waals surface area contributed by atoms with Crippen LogP contribution in [0.2, 0.25) is 0 Å². The fourth-order valence-corrected chi connectivity index (χ4v) is 6.83. The summed E-state index contributed by atoms with van der Waals surface area (Å²) in [4.78, 5) is 45.2. The lowest BCUT2D eigenvalue weighted by Crippen LogP contribution is -2.41. The Hall–Kier alpha value is -3.78. The van der Waals surface area contributed by atoms with Crippen molar-refractivity contribution in [1.29, 1.82) is 0 Å². The molecule has 1 aliphatic rings. The van der Waals surface area contributed by atoms with Crippen LogP contribution in [0.5, 0.6) is 5.75 Å². The number of nitrogens with zero attached hydrogens (tertiary/aromatic N) is 1. The molecule has 256 valence electrons. The second-order valence-corrected chi connectivity index (χ2v) is 14.8. The Morgan fingerprint density at radius 3 is 2.60 bits per heavy atom. The van der Waals surface area contributed by atoms with Gasteiger partial charge in [0.25, 0.3) is 5.56 Å². The lowest BCUT2D eigenvalue weighted by atomic mass is 9.99. The Bertz CT molecular complexity index is 1880. The Labute approximate surface area is 285 Å². The maximum Gasteiger partial charge on any atom is 0.459 e. The summed E-state index contributed by atoms with van der Waals surface area (Å²) in [6.45, 7) is 5.45. The number of fused-ring (bicyclic) bond motifs is 1. The maximum atomic E-state index is 14.5. The van der Waals surface area contributed by atoms with Gasteiger partial charge in [-0.1, -0.05) is 73.1 Å². The highest BCUT2D eigenvalue weighted by Crippen LogP contribution is 2.46. The molecule has 1 aliphatic heterocycles. The summed E-state index contributed by atoms with van der Waals surface area (Å²) >= 11 is 3.11. The predicted octanol–water partition coefficient (Wildman–Crippen LogP) is 5.03. The number of esters is 1. The van der Waals surface area contributed by atoms with Crippen molar-refractivity contribution in [2.24, 2.45) is 5.41 Å². The van der Waals surface area contributed by atoms with Gasteiger partial charge in [-0.05, 0) is 46.1 Å². The van der Waals surface area contributed by atoms with Crippen molar-refractivity contribution in [3.05, 3.63) is 104 Å². The number of aliphatic hydroxyl groups excluding tert-OH is 1. The van der Waals surface area contributed by atoms with Gasteiger partial charge in [0.2, 0.25) is 0 Å². The third kappa shape index (κ3) is 9.22. The molecule has 0 saturated carbocycles. The van der Waals surface area contributed by atoms with E-state index in [-0.39, 0.29) is 36.2 Å². The van der Waals surface area contributed by atoms with Gasteiger partial charge in [-0.2, -0.15) is 5.09 Å². The fourth-order valence-electron chi connectivity index (χ4n) is 5.04. The first-order chi connectivity index (χ1) is 22.8. The first-order valence-corrected chi connectivity index (χ1v) is 17.7. The van der Waals surface area contributed by atoms with Crippen LogP contribution >= 0.6 is 23.7 Å². The van der Waals surface area contributed by atoms with E-state index in [1.165, 1.54) is 17.3 Å². The lowest BCUT2D eigenvalue weighted by Gasteiger charge is -2.27. The quantitative estimate of drug-likeness (QED) is 0.107. The summed E-state index contributed by atoms with van der Waals surface area (Å²) in [5.74, 6) is -0.453. The monoisotopic (exact) mass is 744 g/mol. The van der Waals surface area contributed by atoms with Gasteiger partial charge in [0.15, 0.2) is 0 Å². The number of carbonyl (C=O) groups excluding carboxylic acids is 1. The molecule has 5 rings (SSSR count). The number of aliphatic hydroxyl groups is 1. The van der Waals surface area contributed by atoms with Gasteiger partial charge in [0.1, 0.15) is 24.1 Å². The van der Waals surface area contributed by atoms with Crippen LogP contribution < -0.4 is 20.9 Å². The lowest BCUT2D eigenvalue weighted by molar-refractivity contribution is -0.148. The second-order valence-electron chi connectivity index (χ2n) is 12.6. The van der Waals surface area contributed by atoms with Gasteiger partial charge >= 0.3 is 19.4 Å². The Morgan fingerprint density at radius 2 is 1.90 bits per heavy atom. The van der Waals surface area contributed by atoms with Crippen molar-refractivity contribution in [1.82, 2.24) is 19.6 Å². The van der Waals surface area contributed by atoms with Gasteiger partial charge in [0, 0.05) is 30.2 Å². The van der Waals surface area contributed by atoms with E-state index in [1.807, 2.05) is 51.1 Å². The van der Waals surface area contributed by atoms with Crippen LogP contribution in [-0.2, 0) is 29.8 Å². The van der Waals surface area contributed by atoms with E-state index in [4.69, 9.17) is 18.5 Å². The SMILES string of the molecule is CC(C)(C)COC(=O)[C@H](Cc1cc2ccccc2[nH]1)NP(=O)(OCC1OC(n2cc(/C=C/Br)c(=O)[nH]c2=O)CC1O)Oc1ccccc1. The summed E-state index contributed by atoms with van der Waals surface area (Å²) in [5, 5.41) is 14.6. The molecule has 4 aromatic rings. The number of ether oxygens (including phenoxy) is 2. The van der Waals surface area contributed by atoms with Crippen LogP contribution in [0, 0.1) is 5.41 Å². The fraction of sp³-hybridized carbons (Fsp3) is 0.364. The number of aromatic nitrogens is 3. The van der Waals surface area contributed by atoms with E-state index < -0.39 is 56.0 Å². The molecule has 48 heavy (non-hydrogen) atoms. The van der Waals surface area contributed by atoms with Gasteiger partial charge in [-0.15, -0.1) is 0 Å². The minimum absolute atomic E-state index is 0.0170. The van der Waals surface area contributed by atoms with Crippen molar-refractivity contribution in [2.45, 2.75) is 58.1 Å². The first-order valence-electron chi connectivity index (χ1n) is 15.3. The van der Waals surface area contributed by atoms with Crippen LogP contribution in [0.15, 0.2) is 81.4 Å². The largest absolute Gasteiger partial charge is 0.464 e. The number of H-pyrrole nitrogens is 2. The van der Waals surface area contributed by atoms with Crippen LogP contribution in [0.1, 0.15) is 44.7 Å². The highest BCUT2D eigenvalue weighted by Gasteiger charge is 2.40. The topological polar surface area (TPSA) is 174 Å². The van der Waals surface area contributed by atoms with E-state index >= 15 is 0 Å². The van der Waals surface area contributed by atoms with Crippen molar-refractivity contribution in [2.75, 3.05) is 13.2 Å². The first kappa shape index (κ1) is 35.5. The standard InChI is InChI=1S/C33H38BrN4O9P/c1-33(2,3)20-44-31(41)26(16-23-15-21-9-7-8-12-25(21)35-23)37-48(43,47-24-10-5-4-6-11-24)45-19-28-27(39)17-29(46-28)38-18-22(13-14-34)30(40)36-32(38)42/h4-15,18,26-29,35,39H,16-17,19-20H2,1-3H3,(H,37,43)(H,36,40,42)/b14-13+/t26-,27?,28?,29?,48?/m0/s1. The summed E-state index contributed by atoms with van der Waals surface area (Å²) in [6, 6.07) is 16.7. The van der Waals surface area contributed by atoms with E-state index in [2.05, 4.69) is 31.0 Å². The summed E-state index contributed by atoms with van der Waals surface area (Å²) in [7, 11) is -4.38. The molecule has 5 atom stereocenters. The third-order valence-electron chi connectivity index (χ3n) is 7.39. The number of hydrogen-bond acceptors (Lipinski definition) is 9. The number of halogens is 1. The molecule has 0 aliphatic carbocycles. The molecule has 4 N–H and O–H groups in total. The number of benzene rings is 2. The van der Waals surface area contributed by atoms with Crippen molar-refractivity contribution in [3.63, 3.8) is 0 Å². The van der Waals surface area contributed by atoms with Gasteiger partial charge < -0.3 is 24.1 Å². The van der Waals surface area contributed by atoms with Gasteiger partial charge in [-0.3, -0.25) is 23.7 Å². The zero-order chi connectivity index (χ0) is 34.5. The molecular weight excluding hydrogens is 707 g/mol. The maximum absolute atomic E-state index is 14.5. The molecule has 1 saturated heterocycles. The predicted molar refractivity (Wildman–Crippen MR) is 184 cm³/mol. The van der Waals surface area contributed by atoms with Crippen LogP contribution in [0.3, 0.4) is 0 Å². The van der Waals surface area contributed by atoms with E-state index in [0.717, 1.165) is 15.5 Å². The van der Waals surface area contributed by atoms with Crippen molar-refractivity contribution in [3.8, 4) is 5.75 Å². The zero-order valence-electron chi connectivity index (χ0n) is 26.6. The summed E-state index contributed by atoms with van der Waals surface area (Å²) < 4.78 is 38.9. The zero-order valence-corrected chi connectivity index (χ0v) is 29.1. The molecule has 4 unspecified atom stereocenters. The Kier molecular flexibility index (Phi) is 11.2. The van der Waals surface area contributed by atoms with Crippen LogP contribution in [0.4, 0.5) is 0 Å². The molecule has 13 nitrogen and oxygen atoms in total. The van der Waals surface area contributed by atoms with Crippen molar-refractivity contribution >= 4 is 46.6 Å². The second kappa shape index (κ2) is 15.2. The minimum atomic E-state index is -4.38. The minimum Gasteiger partial charge on any atom is -0.464 e. The van der Waals surface area contributed by atoms with E-state index in [1.54, 1.807) is 30.3 Å². The smallest absolute Gasteiger partial charge is 0.459 e. The van der Waals surface area contributed by atoms with Crippen molar-refractivity contribution < 1.29 is 33.0 Å². The summed E-state index contributed by atoms with van der Waals surface area (Å²) in [5.41, 5.74) is 0.109. The Balaban J connectivity index is 1.38. The molecular formula is C33H38BrN4O9P. The number of carbonyl (C=O) groups is 1. The third-order valence-corrected chi connectivity index (χ3v) is 9.22. The number of aromatic amines is 2. The molecule has 1 fully saturated rings. The molecule has 0 spiro atoms. The van der Waals surface area contributed by atoms with E-state index in [0.29, 0.717) is 5.69 Å². The number of nitrogens with one attached hydrogen (secondary N) is 3. The van der Waals surface area contributed by atoms with E-state index in [9.17, 15) is 24.1 Å². The summed E-state index contributed by atoms with van der Waals surface area (Å²) in [6.07, 6.45) is -0.299. The highest BCUT2D eigenvalue weighted by atomic mass is 79.9. The molecule has 0 bridgehead atoms. The molecule has 2 aromatic carbocycles. The normalized spacial score (nSPS) is 20.1. The molecule has 15 heteroatoms. The molecule has 0 amide bonds. The number of hydrogen-bond donors (Lipinski definition) is 4. The molecule has 3 heterocycles. The molecule has 2 aromatic heterocycles. The number of rotatable bonds is 13. The van der Waals surface area contributed by atoms with Crippen LogP contribution in [-0.4, -0.2) is 57.1 Å². The average molecular weight is 746 g/mol. The average Bonchev–Trinajstić information content (AvgIpc) is 3.62. The van der Waals surface area contributed by atoms with Gasteiger partial charge in [-0.25, -0.2) is 9.36 Å². The van der Waals surface area contributed by atoms with Crippen LogP contribution in [0.25, 0.3) is 17.0 Å².